The fourth-order valence-electron chi connectivity index (χ4n) is 1.72. The predicted octanol–water partition coefficient (Wildman–Crippen LogP) is 1.69. The Morgan fingerprint density at radius 2 is 1.90 bits per heavy atom. The number of carbonyl (C=O) groups is 2. The van der Waals surface area contributed by atoms with Crippen LogP contribution >= 0.6 is 0 Å². The molecule has 0 spiro atoms. The molecule has 0 radical (unpaired) electrons. The lowest BCUT2D eigenvalue weighted by Crippen LogP contribution is -2.34. The van der Waals surface area contributed by atoms with E-state index in [1.165, 1.54) is 21.1 Å². The molecule has 5 nitrogen and oxygen atoms in total. The van der Waals surface area contributed by atoms with Gasteiger partial charge in [0.1, 0.15) is 0 Å². The summed E-state index contributed by atoms with van der Waals surface area (Å²) in [5.74, 6) is -8.71. The summed E-state index contributed by atoms with van der Waals surface area (Å²) in [5.41, 5.74) is -0.828. The number of carbonyl (C=O) groups excluding carboxylic acids is 2. The highest BCUT2D eigenvalue weighted by Crippen LogP contribution is 2.26. The number of rotatable bonds is 4. The molecule has 1 amide bonds. The Kier molecular flexibility index (Phi) is 5.17. The van der Waals surface area contributed by atoms with E-state index in [4.69, 9.17) is 5.11 Å². The number of hydrogen-bond acceptors (Lipinski definition) is 4. The van der Waals surface area contributed by atoms with Gasteiger partial charge in [-0.25, -0.2) is 8.78 Å². The second-order valence-corrected chi connectivity index (χ2v) is 4.49. The van der Waals surface area contributed by atoms with Crippen molar-refractivity contribution in [3.63, 3.8) is 0 Å². The maximum Gasteiger partial charge on any atom is 0.310 e. The van der Waals surface area contributed by atoms with Gasteiger partial charge in [0.15, 0.2) is 17.4 Å². The van der Waals surface area contributed by atoms with Gasteiger partial charge in [-0.3, -0.25) is 9.59 Å². The Bertz CT molecular complexity index is 577. The molecule has 0 saturated heterocycles. The highest BCUT2D eigenvalue weighted by Gasteiger charge is 2.26. The van der Waals surface area contributed by atoms with Crippen LogP contribution in [0.15, 0.2) is 6.07 Å². The Morgan fingerprint density at radius 1 is 1.33 bits per heavy atom. The lowest BCUT2D eigenvalue weighted by Gasteiger charge is -2.20. The summed E-state index contributed by atoms with van der Waals surface area (Å²) in [4.78, 5) is 24.1. The monoisotopic (exact) mass is 305 g/mol. The van der Waals surface area contributed by atoms with Gasteiger partial charge >= 0.3 is 5.97 Å². The number of methoxy groups -OCH3 is 1. The van der Waals surface area contributed by atoms with Gasteiger partial charge in [-0.1, -0.05) is 6.92 Å². The van der Waals surface area contributed by atoms with Crippen molar-refractivity contribution in [1.82, 2.24) is 4.90 Å². The summed E-state index contributed by atoms with van der Waals surface area (Å²) in [5, 5.41) is 9.07. The molecule has 8 heteroatoms. The topological polar surface area (TPSA) is 66.8 Å². The molecule has 0 aliphatic rings. The Labute approximate surface area is 118 Å². The first kappa shape index (κ1) is 16.8. The average molecular weight is 305 g/mol. The van der Waals surface area contributed by atoms with E-state index in [1.54, 1.807) is 0 Å². The minimum Gasteiger partial charge on any atom is -0.503 e. The predicted molar refractivity (Wildman–Crippen MR) is 66.1 cm³/mol. The summed E-state index contributed by atoms with van der Waals surface area (Å²) in [7, 11) is 2.42. The Balaban J connectivity index is 3.01. The standard InChI is InChI=1S/C13H14F3NO4/c1-6(13(20)21-3)5-17(2)12(19)7-4-8(14)10(16)11(18)9(7)15/h4,6,18H,5H2,1-3H3. The van der Waals surface area contributed by atoms with Gasteiger partial charge < -0.3 is 14.7 Å². The molecular weight excluding hydrogens is 291 g/mol. The van der Waals surface area contributed by atoms with Crippen LogP contribution in [0.2, 0.25) is 0 Å². The first-order chi connectivity index (χ1) is 9.70. The zero-order chi connectivity index (χ0) is 16.3. The zero-order valence-electron chi connectivity index (χ0n) is 11.6. The van der Waals surface area contributed by atoms with Gasteiger partial charge in [0.05, 0.1) is 18.6 Å². The van der Waals surface area contributed by atoms with Crippen molar-refractivity contribution in [2.45, 2.75) is 6.92 Å². The number of aromatic hydroxyl groups is 1. The number of esters is 1. The van der Waals surface area contributed by atoms with Crippen LogP contribution in [-0.4, -0.2) is 42.6 Å². The number of ether oxygens (including phenoxy) is 1. The molecule has 1 aromatic carbocycles. The molecule has 1 aromatic rings. The van der Waals surface area contributed by atoms with Crippen LogP contribution < -0.4 is 0 Å². The zero-order valence-corrected chi connectivity index (χ0v) is 11.6. The molecule has 0 aliphatic heterocycles. The highest BCUT2D eigenvalue weighted by atomic mass is 19.2. The van der Waals surface area contributed by atoms with Crippen LogP contribution in [0.4, 0.5) is 13.2 Å². The normalized spacial score (nSPS) is 11.9. The van der Waals surface area contributed by atoms with Crippen molar-refractivity contribution in [2.24, 2.45) is 5.92 Å². The smallest absolute Gasteiger partial charge is 0.310 e. The fraction of sp³-hybridized carbons (Fsp3) is 0.385. The molecule has 21 heavy (non-hydrogen) atoms. The van der Waals surface area contributed by atoms with E-state index in [2.05, 4.69) is 4.74 Å². The number of amides is 1. The van der Waals surface area contributed by atoms with E-state index in [1.807, 2.05) is 0 Å². The van der Waals surface area contributed by atoms with Gasteiger partial charge in [-0.2, -0.15) is 4.39 Å². The van der Waals surface area contributed by atoms with Crippen LogP contribution in [-0.2, 0) is 9.53 Å². The van der Waals surface area contributed by atoms with E-state index in [0.29, 0.717) is 6.07 Å². The summed E-state index contributed by atoms with van der Waals surface area (Å²) >= 11 is 0. The minimum absolute atomic E-state index is 0.120. The minimum atomic E-state index is -1.77. The highest BCUT2D eigenvalue weighted by molar-refractivity contribution is 5.95. The molecule has 0 fully saturated rings. The number of hydrogen-bond donors (Lipinski definition) is 1. The van der Waals surface area contributed by atoms with E-state index in [9.17, 15) is 22.8 Å². The van der Waals surface area contributed by atoms with E-state index >= 15 is 0 Å². The van der Waals surface area contributed by atoms with Gasteiger partial charge in [-0.05, 0) is 6.07 Å². The van der Waals surface area contributed by atoms with Gasteiger partial charge in [0, 0.05) is 13.6 Å². The number of nitrogens with zero attached hydrogens (tertiary/aromatic N) is 1. The third kappa shape index (κ3) is 3.45. The van der Waals surface area contributed by atoms with Crippen LogP contribution in [0.5, 0.6) is 5.75 Å². The molecule has 0 bridgehead atoms. The first-order valence-corrected chi connectivity index (χ1v) is 5.90. The molecule has 0 aromatic heterocycles. The number of benzene rings is 1. The molecular formula is C13H14F3NO4. The summed E-state index contributed by atoms with van der Waals surface area (Å²) < 4.78 is 44.2. The van der Waals surface area contributed by atoms with Gasteiger partial charge in [0.25, 0.3) is 5.91 Å². The maximum absolute atomic E-state index is 13.6. The van der Waals surface area contributed by atoms with Crippen LogP contribution in [0.25, 0.3) is 0 Å². The molecule has 116 valence electrons. The molecule has 0 saturated carbocycles. The Hall–Kier alpha value is -2.25. The largest absolute Gasteiger partial charge is 0.503 e. The van der Waals surface area contributed by atoms with Crippen molar-refractivity contribution < 1.29 is 32.6 Å². The lowest BCUT2D eigenvalue weighted by atomic mass is 10.1. The van der Waals surface area contributed by atoms with Crippen molar-refractivity contribution in [1.29, 1.82) is 0 Å². The SMILES string of the molecule is COC(=O)C(C)CN(C)C(=O)c1cc(F)c(F)c(O)c1F. The summed E-state index contributed by atoms with van der Waals surface area (Å²) in [6, 6.07) is 0.353. The van der Waals surface area contributed by atoms with Gasteiger partial charge in [0.2, 0.25) is 5.82 Å². The second-order valence-electron chi connectivity index (χ2n) is 4.49. The number of halogens is 3. The van der Waals surface area contributed by atoms with Crippen molar-refractivity contribution in [3.8, 4) is 5.75 Å². The second kappa shape index (κ2) is 6.47. The Morgan fingerprint density at radius 3 is 2.43 bits per heavy atom. The van der Waals surface area contributed by atoms with E-state index < -0.39 is 46.6 Å². The van der Waals surface area contributed by atoms with E-state index in [-0.39, 0.29) is 6.54 Å². The van der Waals surface area contributed by atoms with Gasteiger partial charge in [-0.15, -0.1) is 0 Å². The molecule has 1 unspecified atom stereocenters. The van der Waals surface area contributed by atoms with E-state index in [0.717, 1.165) is 4.90 Å². The number of phenolic OH excluding ortho intramolecular Hbond substituents is 1. The third-order valence-electron chi connectivity index (χ3n) is 2.86. The van der Waals surface area contributed by atoms with Crippen molar-refractivity contribution in [3.05, 3.63) is 29.1 Å². The third-order valence-corrected chi connectivity index (χ3v) is 2.86. The summed E-state index contributed by atoms with van der Waals surface area (Å²) in [6.45, 7) is 1.36. The van der Waals surface area contributed by atoms with Crippen molar-refractivity contribution in [2.75, 3.05) is 20.7 Å². The lowest BCUT2D eigenvalue weighted by molar-refractivity contribution is -0.145. The molecule has 1 rings (SSSR count). The van der Waals surface area contributed by atoms with Crippen LogP contribution in [0, 0.1) is 23.4 Å². The summed E-state index contributed by atoms with van der Waals surface area (Å²) in [6.07, 6.45) is 0. The van der Waals surface area contributed by atoms with Crippen LogP contribution in [0.1, 0.15) is 17.3 Å². The average Bonchev–Trinajstić information content (AvgIpc) is 2.46. The fourth-order valence-corrected chi connectivity index (χ4v) is 1.72. The molecule has 1 N–H and O–H groups in total. The maximum atomic E-state index is 13.6. The molecule has 0 heterocycles. The number of phenols is 1. The first-order valence-electron chi connectivity index (χ1n) is 5.90. The molecule has 1 atom stereocenters. The van der Waals surface area contributed by atoms with Crippen molar-refractivity contribution >= 4 is 11.9 Å². The molecule has 0 aliphatic carbocycles. The van der Waals surface area contributed by atoms with Crippen LogP contribution in [0.3, 0.4) is 0 Å². The quantitative estimate of drug-likeness (QED) is 0.679.